The van der Waals surface area contributed by atoms with Crippen molar-refractivity contribution in [2.75, 3.05) is 5.73 Å². The summed E-state index contributed by atoms with van der Waals surface area (Å²) in [6, 6.07) is 9.20. The molecule has 4 heteroatoms. The van der Waals surface area contributed by atoms with E-state index in [4.69, 9.17) is 10.5 Å². The van der Waals surface area contributed by atoms with Crippen molar-refractivity contribution in [3.8, 4) is 0 Å². The van der Waals surface area contributed by atoms with E-state index >= 15 is 0 Å². The molecule has 0 atom stereocenters. The Hall–Kier alpha value is -1.81. The van der Waals surface area contributed by atoms with E-state index < -0.39 is 0 Å². The molecule has 0 saturated carbocycles. The van der Waals surface area contributed by atoms with E-state index in [1.165, 1.54) is 0 Å². The van der Waals surface area contributed by atoms with Crippen LogP contribution in [0.4, 0.5) is 5.69 Å². The van der Waals surface area contributed by atoms with Gasteiger partial charge in [0.05, 0.1) is 5.56 Å². The van der Waals surface area contributed by atoms with Gasteiger partial charge >= 0.3 is 5.97 Å². The van der Waals surface area contributed by atoms with E-state index in [9.17, 15) is 4.79 Å². The maximum absolute atomic E-state index is 11.8. The van der Waals surface area contributed by atoms with E-state index in [1.54, 1.807) is 23.5 Å². The highest BCUT2D eigenvalue weighted by atomic mass is 32.1. The Kier molecular flexibility index (Phi) is 3.44. The average Bonchev–Trinajstić information content (AvgIpc) is 2.82. The molecule has 0 aliphatic rings. The number of carbonyl (C=O) groups is 1. The van der Waals surface area contributed by atoms with E-state index in [0.29, 0.717) is 17.9 Å². The third-order valence-electron chi connectivity index (χ3n) is 2.47. The summed E-state index contributed by atoms with van der Waals surface area (Å²) >= 11 is 1.56. The SMILES string of the molecule is Cc1cccc(C(=O)OCc2cccs2)c1N. The summed E-state index contributed by atoms with van der Waals surface area (Å²) in [5.41, 5.74) is 7.64. The molecule has 0 bridgehead atoms. The lowest BCUT2D eigenvalue weighted by atomic mass is 10.1. The van der Waals surface area contributed by atoms with E-state index in [0.717, 1.165) is 10.4 Å². The lowest BCUT2D eigenvalue weighted by Crippen LogP contribution is -2.08. The lowest BCUT2D eigenvalue weighted by Gasteiger charge is -2.07. The second kappa shape index (κ2) is 5.01. The van der Waals surface area contributed by atoms with Gasteiger partial charge in [0.1, 0.15) is 6.61 Å². The quantitative estimate of drug-likeness (QED) is 0.670. The number of hydrogen-bond donors (Lipinski definition) is 1. The second-order valence-electron chi connectivity index (χ2n) is 3.69. The van der Waals surface area contributed by atoms with E-state index in [-0.39, 0.29) is 5.97 Å². The van der Waals surface area contributed by atoms with Gasteiger partial charge in [0, 0.05) is 10.6 Å². The monoisotopic (exact) mass is 247 g/mol. The Balaban J connectivity index is 2.07. The Morgan fingerprint density at radius 2 is 2.18 bits per heavy atom. The fraction of sp³-hybridized carbons (Fsp3) is 0.154. The number of hydrogen-bond acceptors (Lipinski definition) is 4. The van der Waals surface area contributed by atoms with Crippen molar-refractivity contribution in [3.63, 3.8) is 0 Å². The van der Waals surface area contributed by atoms with Crippen LogP contribution < -0.4 is 5.73 Å². The summed E-state index contributed by atoms with van der Waals surface area (Å²) in [6.07, 6.45) is 0. The molecule has 2 N–H and O–H groups in total. The van der Waals surface area contributed by atoms with Crippen LogP contribution in [0.3, 0.4) is 0 Å². The van der Waals surface area contributed by atoms with Crippen LogP contribution in [0.2, 0.25) is 0 Å². The zero-order valence-electron chi connectivity index (χ0n) is 9.47. The van der Waals surface area contributed by atoms with E-state index in [2.05, 4.69) is 0 Å². The van der Waals surface area contributed by atoms with Crippen molar-refractivity contribution in [2.24, 2.45) is 0 Å². The second-order valence-corrected chi connectivity index (χ2v) is 4.72. The Morgan fingerprint density at radius 3 is 2.88 bits per heavy atom. The topological polar surface area (TPSA) is 52.3 Å². The van der Waals surface area contributed by atoms with Crippen LogP contribution in [0.5, 0.6) is 0 Å². The van der Waals surface area contributed by atoms with Gasteiger partial charge in [0.2, 0.25) is 0 Å². The Labute approximate surface area is 104 Å². The highest BCUT2D eigenvalue weighted by Crippen LogP contribution is 2.18. The molecule has 0 saturated heterocycles. The number of thiophene rings is 1. The van der Waals surface area contributed by atoms with Gasteiger partial charge in [0.15, 0.2) is 0 Å². The first-order valence-corrected chi connectivity index (χ1v) is 6.11. The van der Waals surface area contributed by atoms with Crippen LogP contribution in [0.15, 0.2) is 35.7 Å². The van der Waals surface area contributed by atoms with Crippen molar-refractivity contribution in [1.82, 2.24) is 0 Å². The predicted molar refractivity (Wildman–Crippen MR) is 69.0 cm³/mol. The van der Waals surface area contributed by atoms with Crippen LogP contribution in [-0.2, 0) is 11.3 Å². The van der Waals surface area contributed by atoms with Crippen LogP contribution in [0, 0.1) is 6.92 Å². The molecule has 0 spiro atoms. The third-order valence-corrected chi connectivity index (χ3v) is 3.32. The number of carbonyl (C=O) groups excluding carboxylic acids is 1. The maximum atomic E-state index is 11.8. The first-order chi connectivity index (χ1) is 8.18. The summed E-state index contributed by atoms with van der Waals surface area (Å²) in [7, 11) is 0. The summed E-state index contributed by atoms with van der Waals surface area (Å²) in [6.45, 7) is 2.16. The molecule has 17 heavy (non-hydrogen) atoms. The van der Waals surface area contributed by atoms with Gasteiger partial charge in [-0.15, -0.1) is 11.3 Å². The lowest BCUT2D eigenvalue weighted by molar-refractivity contribution is 0.0478. The molecule has 1 aromatic heterocycles. The number of rotatable bonds is 3. The largest absolute Gasteiger partial charge is 0.456 e. The minimum absolute atomic E-state index is 0.296. The molecular weight excluding hydrogens is 234 g/mol. The third kappa shape index (κ3) is 2.65. The van der Waals surface area contributed by atoms with Crippen LogP contribution in [0.25, 0.3) is 0 Å². The highest BCUT2D eigenvalue weighted by molar-refractivity contribution is 7.09. The van der Waals surface area contributed by atoms with Gasteiger partial charge in [0.25, 0.3) is 0 Å². The number of nitrogen functional groups attached to an aromatic ring is 1. The fourth-order valence-corrected chi connectivity index (χ4v) is 2.08. The number of esters is 1. The molecule has 1 heterocycles. The fourth-order valence-electron chi connectivity index (χ4n) is 1.47. The molecule has 0 aliphatic carbocycles. The summed E-state index contributed by atoms with van der Waals surface area (Å²) in [5, 5.41) is 1.95. The van der Waals surface area contributed by atoms with E-state index in [1.807, 2.05) is 30.5 Å². The van der Waals surface area contributed by atoms with Gasteiger partial charge in [-0.3, -0.25) is 0 Å². The number of benzene rings is 1. The molecule has 1 aromatic carbocycles. The van der Waals surface area contributed by atoms with Crippen molar-refractivity contribution >= 4 is 23.0 Å². The Morgan fingerprint density at radius 1 is 1.35 bits per heavy atom. The number of nitrogens with two attached hydrogens (primary N) is 1. The molecule has 3 nitrogen and oxygen atoms in total. The molecule has 0 radical (unpaired) electrons. The number of aryl methyl sites for hydroxylation is 1. The molecule has 2 rings (SSSR count). The number of anilines is 1. The molecule has 0 unspecified atom stereocenters. The minimum Gasteiger partial charge on any atom is -0.456 e. The average molecular weight is 247 g/mol. The highest BCUT2D eigenvalue weighted by Gasteiger charge is 2.12. The van der Waals surface area contributed by atoms with Crippen molar-refractivity contribution in [1.29, 1.82) is 0 Å². The molecule has 0 amide bonds. The molecule has 88 valence electrons. The Bertz CT molecular complexity index is 520. The summed E-state index contributed by atoms with van der Waals surface area (Å²) in [5.74, 6) is -0.375. The number of para-hydroxylation sites is 1. The van der Waals surface area contributed by atoms with Crippen molar-refractivity contribution < 1.29 is 9.53 Å². The first-order valence-electron chi connectivity index (χ1n) is 5.23. The van der Waals surface area contributed by atoms with Gasteiger partial charge in [-0.05, 0) is 30.0 Å². The smallest absolute Gasteiger partial charge is 0.340 e. The van der Waals surface area contributed by atoms with Crippen molar-refractivity contribution in [3.05, 3.63) is 51.7 Å². The zero-order chi connectivity index (χ0) is 12.3. The predicted octanol–water partition coefficient (Wildman–Crippen LogP) is 3.00. The summed E-state index contributed by atoms with van der Waals surface area (Å²) < 4.78 is 5.20. The molecular formula is C13H13NO2S. The van der Waals surface area contributed by atoms with Gasteiger partial charge < -0.3 is 10.5 Å². The molecule has 0 fully saturated rings. The standard InChI is InChI=1S/C13H13NO2S/c1-9-4-2-6-11(12(9)14)13(15)16-8-10-5-3-7-17-10/h2-7H,8,14H2,1H3. The zero-order valence-corrected chi connectivity index (χ0v) is 10.3. The van der Waals surface area contributed by atoms with Gasteiger partial charge in [-0.25, -0.2) is 4.79 Å². The normalized spacial score (nSPS) is 10.2. The van der Waals surface area contributed by atoms with Crippen LogP contribution in [0.1, 0.15) is 20.8 Å². The first kappa shape index (κ1) is 11.7. The number of ether oxygens (including phenoxy) is 1. The van der Waals surface area contributed by atoms with Crippen LogP contribution in [-0.4, -0.2) is 5.97 Å². The van der Waals surface area contributed by atoms with Crippen LogP contribution >= 0.6 is 11.3 Å². The maximum Gasteiger partial charge on any atom is 0.340 e. The van der Waals surface area contributed by atoms with Crippen molar-refractivity contribution in [2.45, 2.75) is 13.5 Å². The van der Waals surface area contributed by atoms with Gasteiger partial charge in [-0.1, -0.05) is 18.2 Å². The molecule has 0 aliphatic heterocycles. The summed E-state index contributed by atoms with van der Waals surface area (Å²) in [4.78, 5) is 12.8. The van der Waals surface area contributed by atoms with Gasteiger partial charge in [-0.2, -0.15) is 0 Å². The molecule has 2 aromatic rings. The minimum atomic E-state index is -0.375.